The van der Waals surface area contributed by atoms with Crippen LogP contribution in [-0.4, -0.2) is 6.61 Å². The molecular formula is C29H38O. The van der Waals surface area contributed by atoms with Crippen LogP contribution in [0.1, 0.15) is 63.4 Å². The standard InChI is InChI=1S/C29H38O/c1-3-19-30-29-18-17-27-20-24(11-16-28(27)21-29)6-5-23-9-14-26(15-10-23)25-12-7-22(4-2)8-13-25/h3-4,11,16-18,20-23,25-26H,1-2,5-10,12-15,19H2. The fraction of sp³-hybridized carbons (Fsp3) is 0.517. The van der Waals surface area contributed by atoms with Crippen molar-refractivity contribution in [3.05, 3.63) is 67.3 Å². The van der Waals surface area contributed by atoms with E-state index in [1.54, 1.807) is 6.08 Å². The molecule has 4 rings (SSSR count). The molecule has 30 heavy (non-hydrogen) atoms. The van der Waals surface area contributed by atoms with Gasteiger partial charge in [-0.25, -0.2) is 0 Å². The third kappa shape index (κ3) is 5.36. The molecule has 2 aromatic rings. The second-order valence-electron chi connectivity index (χ2n) is 9.67. The van der Waals surface area contributed by atoms with Crippen LogP contribution in [0.3, 0.4) is 0 Å². The van der Waals surface area contributed by atoms with Gasteiger partial charge in [-0.05, 0) is 104 Å². The Bertz CT molecular complexity index is 835. The van der Waals surface area contributed by atoms with Gasteiger partial charge in [0.05, 0.1) is 0 Å². The average Bonchev–Trinajstić information content (AvgIpc) is 2.81. The number of hydrogen-bond donors (Lipinski definition) is 0. The highest BCUT2D eigenvalue weighted by Crippen LogP contribution is 2.42. The molecule has 0 atom stereocenters. The number of allylic oxidation sites excluding steroid dienone is 1. The Morgan fingerprint density at radius 1 is 0.800 bits per heavy atom. The molecule has 0 radical (unpaired) electrons. The Labute approximate surface area is 183 Å². The number of hydrogen-bond acceptors (Lipinski definition) is 1. The normalized spacial score (nSPS) is 26.9. The van der Waals surface area contributed by atoms with Gasteiger partial charge in [-0.15, -0.1) is 6.58 Å². The van der Waals surface area contributed by atoms with Crippen LogP contribution in [0.25, 0.3) is 10.8 Å². The number of ether oxygens (including phenoxy) is 1. The Balaban J connectivity index is 1.24. The number of benzene rings is 2. The van der Waals surface area contributed by atoms with Gasteiger partial charge < -0.3 is 4.74 Å². The molecular weight excluding hydrogens is 364 g/mol. The SMILES string of the molecule is C=CCOc1ccc2cc(CCC3CCC(C4CCC(C=C)CC4)CC3)ccc2c1. The molecule has 0 saturated heterocycles. The molecule has 2 aliphatic carbocycles. The maximum Gasteiger partial charge on any atom is 0.120 e. The summed E-state index contributed by atoms with van der Waals surface area (Å²) in [7, 11) is 0. The molecule has 2 saturated carbocycles. The van der Waals surface area contributed by atoms with Gasteiger partial charge in [-0.1, -0.05) is 55.8 Å². The van der Waals surface area contributed by atoms with E-state index in [9.17, 15) is 0 Å². The molecule has 1 heteroatoms. The first-order valence-corrected chi connectivity index (χ1v) is 12.1. The molecule has 0 bridgehead atoms. The third-order valence-corrected chi connectivity index (χ3v) is 7.79. The first kappa shape index (κ1) is 21.2. The minimum absolute atomic E-state index is 0.557. The second kappa shape index (κ2) is 10.3. The van der Waals surface area contributed by atoms with Gasteiger partial charge in [0.25, 0.3) is 0 Å². The van der Waals surface area contributed by atoms with E-state index in [0.717, 1.165) is 29.4 Å². The molecule has 0 amide bonds. The van der Waals surface area contributed by atoms with Gasteiger partial charge in [-0.3, -0.25) is 0 Å². The molecule has 0 unspecified atom stereocenters. The highest BCUT2D eigenvalue weighted by atomic mass is 16.5. The van der Waals surface area contributed by atoms with E-state index in [4.69, 9.17) is 4.74 Å². The summed E-state index contributed by atoms with van der Waals surface area (Å²) in [5.41, 5.74) is 1.48. The molecule has 2 aromatic carbocycles. The zero-order chi connectivity index (χ0) is 20.8. The van der Waals surface area contributed by atoms with Crippen LogP contribution in [0.2, 0.25) is 0 Å². The van der Waals surface area contributed by atoms with E-state index in [-0.39, 0.29) is 0 Å². The Morgan fingerprint density at radius 3 is 2.17 bits per heavy atom. The van der Waals surface area contributed by atoms with Crippen molar-refractivity contribution in [2.75, 3.05) is 6.61 Å². The molecule has 0 N–H and O–H groups in total. The molecule has 2 aliphatic rings. The first-order valence-electron chi connectivity index (χ1n) is 12.1. The van der Waals surface area contributed by atoms with Crippen molar-refractivity contribution in [2.24, 2.45) is 23.7 Å². The van der Waals surface area contributed by atoms with Crippen molar-refractivity contribution in [1.29, 1.82) is 0 Å². The summed E-state index contributed by atoms with van der Waals surface area (Å²) in [4.78, 5) is 0. The van der Waals surface area contributed by atoms with Crippen molar-refractivity contribution in [2.45, 2.75) is 64.2 Å². The van der Waals surface area contributed by atoms with Gasteiger partial charge >= 0.3 is 0 Å². The lowest BCUT2D eigenvalue weighted by atomic mass is 9.68. The average molecular weight is 403 g/mol. The van der Waals surface area contributed by atoms with Crippen LogP contribution in [0, 0.1) is 23.7 Å². The third-order valence-electron chi connectivity index (χ3n) is 7.79. The van der Waals surface area contributed by atoms with E-state index >= 15 is 0 Å². The predicted octanol–water partition coefficient (Wildman–Crippen LogP) is 8.14. The molecule has 160 valence electrons. The number of aryl methyl sites for hydroxylation is 1. The summed E-state index contributed by atoms with van der Waals surface area (Å²) in [5, 5.41) is 2.57. The van der Waals surface area contributed by atoms with Gasteiger partial charge in [0.1, 0.15) is 12.4 Å². The summed E-state index contributed by atoms with van der Waals surface area (Å²) in [6.07, 6.45) is 18.0. The van der Waals surface area contributed by atoms with E-state index in [1.807, 2.05) is 0 Å². The van der Waals surface area contributed by atoms with Crippen LogP contribution < -0.4 is 4.74 Å². The minimum atomic E-state index is 0.557. The lowest BCUT2D eigenvalue weighted by Crippen LogP contribution is -2.25. The topological polar surface area (TPSA) is 9.23 Å². The molecule has 0 aromatic heterocycles. The number of fused-ring (bicyclic) bond motifs is 1. The highest BCUT2D eigenvalue weighted by molar-refractivity contribution is 5.84. The zero-order valence-corrected chi connectivity index (χ0v) is 18.5. The Morgan fingerprint density at radius 2 is 1.47 bits per heavy atom. The van der Waals surface area contributed by atoms with Crippen LogP contribution in [-0.2, 0) is 6.42 Å². The molecule has 2 fully saturated rings. The molecule has 0 spiro atoms. The quantitative estimate of drug-likeness (QED) is 0.405. The predicted molar refractivity (Wildman–Crippen MR) is 129 cm³/mol. The van der Waals surface area contributed by atoms with Gasteiger partial charge in [0, 0.05) is 0 Å². The van der Waals surface area contributed by atoms with Crippen molar-refractivity contribution in [3.63, 3.8) is 0 Å². The summed E-state index contributed by atoms with van der Waals surface area (Å²) >= 11 is 0. The van der Waals surface area contributed by atoms with Gasteiger partial charge in [0.15, 0.2) is 0 Å². The van der Waals surface area contributed by atoms with Crippen LogP contribution in [0.5, 0.6) is 5.75 Å². The lowest BCUT2D eigenvalue weighted by Gasteiger charge is -2.37. The van der Waals surface area contributed by atoms with Crippen molar-refractivity contribution in [3.8, 4) is 5.75 Å². The van der Waals surface area contributed by atoms with E-state index < -0.39 is 0 Å². The minimum Gasteiger partial charge on any atom is -0.490 e. The smallest absolute Gasteiger partial charge is 0.120 e. The lowest BCUT2D eigenvalue weighted by molar-refractivity contribution is 0.153. The maximum absolute atomic E-state index is 5.66. The molecule has 0 heterocycles. The fourth-order valence-corrected chi connectivity index (χ4v) is 5.84. The van der Waals surface area contributed by atoms with Gasteiger partial charge in [-0.2, -0.15) is 0 Å². The molecule has 0 aliphatic heterocycles. The first-order chi connectivity index (χ1) is 14.7. The summed E-state index contributed by atoms with van der Waals surface area (Å²) in [5.74, 6) is 4.65. The summed E-state index contributed by atoms with van der Waals surface area (Å²) in [6, 6.07) is 13.3. The van der Waals surface area contributed by atoms with E-state index in [2.05, 4.69) is 55.6 Å². The monoisotopic (exact) mass is 402 g/mol. The summed E-state index contributed by atoms with van der Waals surface area (Å²) in [6.45, 7) is 8.27. The maximum atomic E-state index is 5.66. The van der Waals surface area contributed by atoms with Crippen LogP contribution in [0.15, 0.2) is 61.7 Å². The fourth-order valence-electron chi connectivity index (χ4n) is 5.84. The Hall–Kier alpha value is -2.02. The second-order valence-corrected chi connectivity index (χ2v) is 9.67. The zero-order valence-electron chi connectivity index (χ0n) is 18.5. The van der Waals surface area contributed by atoms with E-state index in [0.29, 0.717) is 6.61 Å². The van der Waals surface area contributed by atoms with Crippen LogP contribution in [0.4, 0.5) is 0 Å². The molecule has 1 nitrogen and oxygen atoms in total. The van der Waals surface area contributed by atoms with Crippen molar-refractivity contribution in [1.82, 2.24) is 0 Å². The number of rotatable bonds is 8. The van der Waals surface area contributed by atoms with Gasteiger partial charge in [0.2, 0.25) is 0 Å². The highest BCUT2D eigenvalue weighted by Gasteiger charge is 2.30. The van der Waals surface area contributed by atoms with Crippen molar-refractivity contribution < 1.29 is 4.74 Å². The summed E-state index contributed by atoms with van der Waals surface area (Å²) < 4.78 is 5.66. The van der Waals surface area contributed by atoms with E-state index in [1.165, 1.54) is 80.5 Å². The largest absolute Gasteiger partial charge is 0.490 e. The van der Waals surface area contributed by atoms with Crippen molar-refractivity contribution >= 4 is 10.8 Å². The van der Waals surface area contributed by atoms with Crippen LogP contribution >= 0.6 is 0 Å². The Kier molecular flexibility index (Phi) is 7.31.